The average Bonchev–Trinajstić information content (AvgIpc) is 3.17. The van der Waals surface area contributed by atoms with E-state index in [-0.39, 0.29) is 5.91 Å². The van der Waals surface area contributed by atoms with Crippen molar-refractivity contribution in [2.45, 2.75) is 39.2 Å². The summed E-state index contributed by atoms with van der Waals surface area (Å²) >= 11 is 0. The standard InChI is InChI=1S/C15H28N2O2/c1-11-6-12(2)9-17(8-11)15(18)7-16-14(10-19-3)13-4-5-13/h11-14,16H,4-10H2,1-3H3/t11-,12+,14-/m1/s1. The number of carbonyl (C=O) groups is 1. The summed E-state index contributed by atoms with van der Waals surface area (Å²) in [5.74, 6) is 2.23. The van der Waals surface area contributed by atoms with Gasteiger partial charge in [-0.15, -0.1) is 0 Å². The third-order valence-electron chi connectivity index (χ3n) is 4.27. The molecule has 1 amide bonds. The molecule has 0 unspecified atom stereocenters. The number of amides is 1. The summed E-state index contributed by atoms with van der Waals surface area (Å²) in [6, 6.07) is 0.355. The fraction of sp³-hybridized carbons (Fsp3) is 0.933. The molecule has 110 valence electrons. The molecule has 1 aliphatic carbocycles. The van der Waals surface area contributed by atoms with E-state index in [2.05, 4.69) is 19.2 Å². The van der Waals surface area contributed by atoms with Crippen LogP contribution in [0.25, 0.3) is 0 Å². The minimum Gasteiger partial charge on any atom is -0.383 e. The second-order valence-corrected chi connectivity index (χ2v) is 6.52. The first-order valence-electron chi connectivity index (χ1n) is 7.60. The van der Waals surface area contributed by atoms with Crippen LogP contribution in [0.1, 0.15) is 33.1 Å². The number of rotatable bonds is 6. The Morgan fingerprint density at radius 2 is 1.95 bits per heavy atom. The third kappa shape index (κ3) is 4.46. The molecule has 0 spiro atoms. The Morgan fingerprint density at radius 3 is 2.47 bits per heavy atom. The van der Waals surface area contributed by atoms with Crippen molar-refractivity contribution >= 4 is 5.91 Å². The highest BCUT2D eigenvalue weighted by molar-refractivity contribution is 5.78. The second kappa shape index (κ2) is 6.71. The predicted octanol–water partition coefficient (Wildman–Crippen LogP) is 1.51. The first kappa shape index (κ1) is 14.8. The number of carbonyl (C=O) groups excluding carboxylic acids is 1. The molecule has 1 heterocycles. The minimum absolute atomic E-state index is 0.250. The molecule has 2 rings (SSSR count). The van der Waals surface area contributed by atoms with Crippen LogP contribution in [0.5, 0.6) is 0 Å². The van der Waals surface area contributed by atoms with Crippen molar-refractivity contribution in [2.24, 2.45) is 17.8 Å². The van der Waals surface area contributed by atoms with Crippen molar-refractivity contribution in [2.75, 3.05) is 33.4 Å². The average molecular weight is 268 g/mol. The van der Waals surface area contributed by atoms with Gasteiger partial charge in [0.2, 0.25) is 5.91 Å². The number of ether oxygens (including phenoxy) is 1. The molecule has 4 heteroatoms. The summed E-state index contributed by atoms with van der Waals surface area (Å²) in [6.45, 7) is 7.49. The van der Waals surface area contributed by atoms with Gasteiger partial charge < -0.3 is 15.0 Å². The molecule has 19 heavy (non-hydrogen) atoms. The van der Waals surface area contributed by atoms with Gasteiger partial charge in [-0.2, -0.15) is 0 Å². The summed E-state index contributed by atoms with van der Waals surface area (Å²) in [7, 11) is 1.73. The van der Waals surface area contributed by atoms with Gasteiger partial charge in [-0.1, -0.05) is 13.8 Å². The monoisotopic (exact) mass is 268 g/mol. The quantitative estimate of drug-likeness (QED) is 0.794. The number of likely N-dealkylation sites (tertiary alicyclic amines) is 1. The van der Waals surface area contributed by atoms with E-state index in [4.69, 9.17) is 4.74 Å². The van der Waals surface area contributed by atoms with Crippen molar-refractivity contribution in [1.82, 2.24) is 10.2 Å². The zero-order valence-electron chi connectivity index (χ0n) is 12.5. The van der Waals surface area contributed by atoms with Gasteiger partial charge in [-0.05, 0) is 37.0 Å². The number of methoxy groups -OCH3 is 1. The highest BCUT2D eigenvalue weighted by Gasteiger charge is 2.32. The minimum atomic E-state index is 0.250. The van der Waals surface area contributed by atoms with Gasteiger partial charge in [0.25, 0.3) is 0 Å². The maximum Gasteiger partial charge on any atom is 0.236 e. The maximum atomic E-state index is 12.3. The lowest BCUT2D eigenvalue weighted by molar-refractivity contribution is -0.133. The van der Waals surface area contributed by atoms with Crippen molar-refractivity contribution in [3.05, 3.63) is 0 Å². The van der Waals surface area contributed by atoms with Crippen LogP contribution in [0.4, 0.5) is 0 Å². The zero-order chi connectivity index (χ0) is 13.8. The lowest BCUT2D eigenvalue weighted by Gasteiger charge is -2.35. The molecule has 2 fully saturated rings. The SMILES string of the molecule is COC[C@@H](NCC(=O)N1C[C@H](C)C[C@H](C)C1)C1CC1. The van der Waals surface area contributed by atoms with Gasteiger partial charge in [0, 0.05) is 26.2 Å². The smallest absolute Gasteiger partial charge is 0.236 e. The van der Waals surface area contributed by atoms with Crippen molar-refractivity contribution < 1.29 is 9.53 Å². The molecule has 1 saturated heterocycles. The molecule has 0 bridgehead atoms. The molecule has 3 atom stereocenters. The van der Waals surface area contributed by atoms with Gasteiger partial charge in [-0.3, -0.25) is 4.79 Å². The Bertz CT molecular complexity index is 295. The van der Waals surface area contributed by atoms with E-state index in [0.29, 0.717) is 36.9 Å². The number of nitrogens with zero attached hydrogens (tertiary/aromatic N) is 1. The van der Waals surface area contributed by atoms with E-state index in [9.17, 15) is 4.79 Å². The Labute approximate surface area is 116 Å². The van der Waals surface area contributed by atoms with Crippen LogP contribution in [0.2, 0.25) is 0 Å². The lowest BCUT2D eigenvalue weighted by atomic mass is 9.92. The molecule has 1 aliphatic heterocycles. The molecule has 0 radical (unpaired) electrons. The highest BCUT2D eigenvalue weighted by Crippen LogP contribution is 2.32. The third-order valence-corrected chi connectivity index (χ3v) is 4.27. The van der Waals surface area contributed by atoms with Crippen LogP contribution < -0.4 is 5.32 Å². The predicted molar refractivity (Wildman–Crippen MR) is 75.9 cm³/mol. The molecule has 4 nitrogen and oxygen atoms in total. The van der Waals surface area contributed by atoms with Crippen LogP contribution >= 0.6 is 0 Å². The first-order valence-corrected chi connectivity index (χ1v) is 7.60. The van der Waals surface area contributed by atoms with E-state index >= 15 is 0 Å². The van der Waals surface area contributed by atoms with E-state index in [1.54, 1.807) is 7.11 Å². The largest absolute Gasteiger partial charge is 0.383 e. The highest BCUT2D eigenvalue weighted by atomic mass is 16.5. The van der Waals surface area contributed by atoms with Gasteiger partial charge in [0.15, 0.2) is 0 Å². The molecule has 1 N–H and O–H groups in total. The van der Waals surface area contributed by atoms with Crippen molar-refractivity contribution in [1.29, 1.82) is 0 Å². The topological polar surface area (TPSA) is 41.6 Å². The fourth-order valence-corrected chi connectivity index (χ4v) is 3.24. The summed E-state index contributed by atoms with van der Waals surface area (Å²) in [5.41, 5.74) is 0. The van der Waals surface area contributed by atoms with Gasteiger partial charge >= 0.3 is 0 Å². The number of piperidine rings is 1. The summed E-state index contributed by atoms with van der Waals surface area (Å²) < 4.78 is 5.23. The maximum absolute atomic E-state index is 12.3. The Morgan fingerprint density at radius 1 is 1.32 bits per heavy atom. The number of nitrogens with one attached hydrogen (secondary N) is 1. The molecule has 0 aromatic carbocycles. The molecule has 2 aliphatic rings. The fourth-order valence-electron chi connectivity index (χ4n) is 3.24. The van der Waals surface area contributed by atoms with Crippen LogP contribution in [0.15, 0.2) is 0 Å². The molecule has 1 saturated carbocycles. The summed E-state index contributed by atoms with van der Waals surface area (Å²) in [5, 5.41) is 3.39. The van der Waals surface area contributed by atoms with Crippen LogP contribution in [-0.2, 0) is 9.53 Å². The van der Waals surface area contributed by atoms with Crippen LogP contribution in [0, 0.1) is 17.8 Å². The van der Waals surface area contributed by atoms with Gasteiger partial charge in [0.1, 0.15) is 0 Å². The number of hydrogen-bond donors (Lipinski definition) is 1. The second-order valence-electron chi connectivity index (χ2n) is 6.52. The van der Waals surface area contributed by atoms with Gasteiger partial charge in [-0.25, -0.2) is 0 Å². The van der Waals surface area contributed by atoms with E-state index in [1.807, 2.05) is 4.90 Å². The molecule has 0 aromatic heterocycles. The Balaban J connectivity index is 1.76. The van der Waals surface area contributed by atoms with Gasteiger partial charge in [0.05, 0.1) is 13.2 Å². The van der Waals surface area contributed by atoms with E-state index in [1.165, 1.54) is 19.3 Å². The van der Waals surface area contributed by atoms with E-state index in [0.717, 1.165) is 13.1 Å². The van der Waals surface area contributed by atoms with Crippen molar-refractivity contribution in [3.8, 4) is 0 Å². The summed E-state index contributed by atoms with van der Waals surface area (Å²) in [4.78, 5) is 14.3. The zero-order valence-corrected chi connectivity index (χ0v) is 12.5. The molecular weight excluding hydrogens is 240 g/mol. The normalized spacial score (nSPS) is 29.3. The van der Waals surface area contributed by atoms with E-state index < -0.39 is 0 Å². The molecular formula is C15H28N2O2. The van der Waals surface area contributed by atoms with Crippen LogP contribution in [0.3, 0.4) is 0 Å². The summed E-state index contributed by atoms with van der Waals surface area (Å²) in [6.07, 6.45) is 3.78. The first-order chi connectivity index (χ1) is 9.10. The number of hydrogen-bond acceptors (Lipinski definition) is 3. The molecule has 0 aromatic rings. The Kier molecular flexibility index (Phi) is 5.22. The van der Waals surface area contributed by atoms with Crippen LogP contribution in [-0.4, -0.2) is 50.2 Å². The van der Waals surface area contributed by atoms with Crippen molar-refractivity contribution in [3.63, 3.8) is 0 Å². The Hall–Kier alpha value is -0.610. The lowest BCUT2D eigenvalue weighted by Crippen LogP contribution is -2.48.